The fourth-order valence-corrected chi connectivity index (χ4v) is 6.51. The molecule has 3 atom stereocenters. The van der Waals surface area contributed by atoms with E-state index >= 15 is 0 Å². The van der Waals surface area contributed by atoms with E-state index in [1.165, 1.54) is 0 Å². The molecule has 1 saturated carbocycles. The van der Waals surface area contributed by atoms with Gasteiger partial charge in [-0.25, -0.2) is 0 Å². The van der Waals surface area contributed by atoms with Gasteiger partial charge < -0.3 is 8.61 Å². The largest absolute Gasteiger partial charge is 0.534 e. The van der Waals surface area contributed by atoms with Crippen LogP contribution in [-0.2, 0) is 18.7 Å². The van der Waals surface area contributed by atoms with E-state index in [2.05, 4.69) is 58.5 Å². The van der Waals surface area contributed by atoms with Crippen LogP contribution in [0.3, 0.4) is 0 Å². The fourth-order valence-electron chi connectivity index (χ4n) is 3.30. The third-order valence-electron chi connectivity index (χ3n) is 6.41. The Balaban J connectivity index is 3.07. The molecule has 0 radical (unpaired) electrons. The summed E-state index contributed by atoms with van der Waals surface area (Å²) in [6.07, 6.45) is 1.49. The van der Waals surface area contributed by atoms with Crippen LogP contribution in [0, 0.1) is 17.8 Å². The topological polar surface area (TPSA) is 52.6 Å². The quantitative estimate of drug-likeness (QED) is 0.221. The lowest BCUT2D eigenvalue weighted by atomic mass is 9.80. The molecule has 27 heavy (non-hydrogen) atoms. The number of halogens is 3. The SMILES string of the molecule is C=C(OS(=O)(=O)C(F)(F)F)[C@@H]1CC[C@H](C)C[C@@H]1O[Si](C)(C)C(C)(C)C(C)C. The van der Waals surface area contributed by atoms with E-state index in [1.807, 2.05) is 0 Å². The van der Waals surface area contributed by atoms with Gasteiger partial charge in [0.15, 0.2) is 8.32 Å². The molecule has 0 saturated heterocycles. The van der Waals surface area contributed by atoms with Crippen LogP contribution in [0.2, 0.25) is 18.1 Å². The predicted molar refractivity (Wildman–Crippen MR) is 103 cm³/mol. The van der Waals surface area contributed by atoms with Crippen molar-refractivity contribution in [1.29, 1.82) is 0 Å². The van der Waals surface area contributed by atoms with Gasteiger partial charge in [0.25, 0.3) is 0 Å². The van der Waals surface area contributed by atoms with Crippen molar-refractivity contribution in [3.8, 4) is 0 Å². The van der Waals surface area contributed by atoms with E-state index in [0.29, 0.717) is 24.7 Å². The number of rotatable bonds is 7. The van der Waals surface area contributed by atoms with Crippen LogP contribution in [0.4, 0.5) is 13.2 Å². The molecule has 0 unspecified atom stereocenters. The summed E-state index contributed by atoms with van der Waals surface area (Å²) in [6, 6.07) is 0. The Labute approximate surface area is 162 Å². The lowest BCUT2D eigenvalue weighted by molar-refractivity contribution is -0.0537. The molecule has 9 heteroatoms. The van der Waals surface area contributed by atoms with Gasteiger partial charge in [0, 0.05) is 5.92 Å². The highest BCUT2D eigenvalue weighted by Gasteiger charge is 2.51. The predicted octanol–water partition coefficient (Wildman–Crippen LogP) is 5.83. The van der Waals surface area contributed by atoms with Crippen molar-refractivity contribution in [3.63, 3.8) is 0 Å². The normalized spacial score (nSPS) is 25.5. The molecular formula is C18H33F3O4SSi. The molecule has 0 aliphatic heterocycles. The van der Waals surface area contributed by atoms with Gasteiger partial charge in [-0.2, -0.15) is 21.6 Å². The van der Waals surface area contributed by atoms with Crippen LogP contribution in [0.25, 0.3) is 0 Å². The number of hydrogen-bond donors (Lipinski definition) is 0. The van der Waals surface area contributed by atoms with Gasteiger partial charge in [-0.15, -0.1) is 0 Å². The second-order valence-corrected chi connectivity index (χ2v) is 15.1. The molecule has 0 spiro atoms. The second kappa shape index (κ2) is 8.06. The second-order valence-electron chi connectivity index (χ2n) is 9.02. The minimum atomic E-state index is -5.71. The van der Waals surface area contributed by atoms with E-state index in [1.54, 1.807) is 0 Å². The van der Waals surface area contributed by atoms with E-state index in [-0.39, 0.29) is 10.8 Å². The molecule has 4 nitrogen and oxygen atoms in total. The highest BCUT2D eigenvalue weighted by atomic mass is 32.2. The van der Waals surface area contributed by atoms with Crippen molar-refractivity contribution in [2.45, 2.75) is 83.6 Å². The van der Waals surface area contributed by atoms with Crippen LogP contribution in [-0.4, -0.2) is 28.3 Å². The summed E-state index contributed by atoms with van der Waals surface area (Å²) < 4.78 is 71.6. The zero-order chi connectivity index (χ0) is 21.4. The summed E-state index contributed by atoms with van der Waals surface area (Å²) in [5.41, 5.74) is -5.47. The summed E-state index contributed by atoms with van der Waals surface area (Å²) in [5, 5.41) is -0.0710. The maximum Gasteiger partial charge on any atom is 0.534 e. The Morgan fingerprint density at radius 2 is 1.70 bits per heavy atom. The monoisotopic (exact) mass is 430 g/mol. The fraction of sp³-hybridized carbons (Fsp3) is 0.889. The van der Waals surface area contributed by atoms with Gasteiger partial charge in [0.1, 0.15) is 5.76 Å². The van der Waals surface area contributed by atoms with Crippen LogP contribution in [0.15, 0.2) is 12.3 Å². The Kier molecular flexibility index (Phi) is 7.31. The van der Waals surface area contributed by atoms with Crippen LogP contribution in [0.1, 0.15) is 53.9 Å². The van der Waals surface area contributed by atoms with Gasteiger partial charge in [-0.1, -0.05) is 41.2 Å². The lowest BCUT2D eigenvalue weighted by Gasteiger charge is -2.47. The van der Waals surface area contributed by atoms with Gasteiger partial charge in [-0.3, -0.25) is 0 Å². The van der Waals surface area contributed by atoms with Crippen LogP contribution >= 0.6 is 0 Å². The van der Waals surface area contributed by atoms with Crippen molar-refractivity contribution in [1.82, 2.24) is 0 Å². The highest BCUT2D eigenvalue weighted by Crippen LogP contribution is 2.47. The standard InChI is InChI=1S/C18H33F3O4SSi/c1-12(2)17(5,6)27(7,8)25-16-11-13(3)9-10-15(16)14(4)24-26(22,23)18(19,20)21/h12-13,15-16H,4,9-11H2,1-3,5-8H3/t13-,15-,16-/m0/s1. The molecule has 160 valence electrons. The minimum absolute atomic E-state index is 0.0710. The molecule has 1 fully saturated rings. The average Bonchev–Trinajstić information content (AvgIpc) is 2.44. The molecular weight excluding hydrogens is 397 g/mol. The maximum atomic E-state index is 12.7. The van der Waals surface area contributed by atoms with Gasteiger partial charge >= 0.3 is 15.6 Å². The van der Waals surface area contributed by atoms with Crippen molar-refractivity contribution >= 4 is 18.4 Å². The van der Waals surface area contributed by atoms with Gasteiger partial charge in [0.05, 0.1) is 6.10 Å². The van der Waals surface area contributed by atoms with E-state index in [0.717, 1.165) is 6.42 Å². The Bertz CT molecular complexity index is 641. The third kappa shape index (κ3) is 5.50. The summed E-state index contributed by atoms with van der Waals surface area (Å²) in [6.45, 7) is 18.3. The van der Waals surface area contributed by atoms with Crippen LogP contribution in [0.5, 0.6) is 0 Å². The molecule has 0 heterocycles. The first-order valence-electron chi connectivity index (χ1n) is 9.29. The maximum absolute atomic E-state index is 12.7. The number of alkyl halides is 3. The molecule has 0 aromatic rings. The van der Waals surface area contributed by atoms with E-state index < -0.39 is 36.0 Å². The first-order chi connectivity index (χ1) is 11.9. The summed E-state index contributed by atoms with van der Waals surface area (Å²) >= 11 is 0. The molecule has 0 N–H and O–H groups in total. The van der Waals surface area contributed by atoms with Crippen molar-refractivity contribution in [2.24, 2.45) is 17.8 Å². The molecule has 0 amide bonds. The average molecular weight is 431 g/mol. The Morgan fingerprint density at radius 3 is 2.15 bits per heavy atom. The van der Waals surface area contributed by atoms with E-state index in [4.69, 9.17) is 4.43 Å². The zero-order valence-corrected chi connectivity index (χ0v) is 19.1. The van der Waals surface area contributed by atoms with Crippen molar-refractivity contribution in [2.75, 3.05) is 0 Å². The molecule has 1 rings (SSSR count). The molecule has 0 aromatic carbocycles. The first-order valence-corrected chi connectivity index (χ1v) is 13.6. The summed E-state index contributed by atoms with van der Waals surface area (Å²) in [4.78, 5) is 0. The first kappa shape index (κ1) is 24.5. The third-order valence-corrected chi connectivity index (χ3v) is 12.0. The summed E-state index contributed by atoms with van der Waals surface area (Å²) in [7, 11) is -7.97. The smallest absolute Gasteiger partial charge is 0.413 e. The lowest BCUT2D eigenvalue weighted by Crippen LogP contribution is -2.50. The van der Waals surface area contributed by atoms with Gasteiger partial charge in [-0.05, 0) is 49.2 Å². The Morgan fingerprint density at radius 1 is 1.19 bits per heavy atom. The van der Waals surface area contributed by atoms with Crippen LogP contribution < -0.4 is 0 Å². The van der Waals surface area contributed by atoms with Crippen molar-refractivity contribution in [3.05, 3.63) is 12.3 Å². The zero-order valence-electron chi connectivity index (χ0n) is 17.3. The molecule has 1 aliphatic rings. The molecule has 0 bridgehead atoms. The number of hydrogen-bond acceptors (Lipinski definition) is 4. The summed E-state index contributed by atoms with van der Waals surface area (Å²) in [5.74, 6) is -0.252. The molecule has 0 aromatic heterocycles. The van der Waals surface area contributed by atoms with E-state index in [9.17, 15) is 21.6 Å². The highest BCUT2D eigenvalue weighted by molar-refractivity contribution is 7.87. The molecule has 1 aliphatic carbocycles. The van der Waals surface area contributed by atoms with Crippen molar-refractivity contribution < 1.29 is 30.2 Å². The van der Waals surface area contributed by atoms with Gasteiger partial charge in [0.2, 0.25) is 0 Å². The minimum Gasteiger partial charge on any atom is -0.413 e. The Hall–Kier alpha value is -0.543.